The minimum absolute atomic E-state index is 0.0803. The number of aryl methyl sites for hydroxylation is 1. The van der Waals surface area contributed by atoms with E-state index in [0.717, 1.165) is 29.9 Å². The van der Waals surface area contributed by atoms with E-state index >= 15 is 0 Å². The summed E-state index contributed by atoms with van der Waals surface area (Å²) < 4.78 is 2.00. The van der Waals surface area contributed by atoms with Gasteiger partial charge >= 0.3 is 0 Å². The number of rotatable bonds is 4. The molecule has 0 aliphatic carbocycles. The molecule has 0 aliphatic rings. The fraction of sp³-hybridized carbons (Fsp3) is 0.231. The van der Waals surface area contributed by atoms with Crippen molar-refractivity contribution in [3.8, 4) is 5.69 Å². The molecule has 0 saturated heterocycles. The highest BCUT2D eigenvalue weighted by Crippen LogP contribution is 2.16. The van der Waals surface area contributed by atoms with Crippen LogP contribution in [0.3, 0.4) is 0 Å². The van der Waals surface area contributed by atoms with Crippen molar-refractivity contribution in [2.45, 2.75) is 19.8 Å². The number of para-hydroxylation sites is 1. The molecule has 2 aromatic rings. The van der Waals surface area contributed by atoms with E-state index in [1.165, 1.54) is 0 Å². The van der Waals surface area contributed by atoms with Gasteiger partial charge in [0.2, 0.25) is 0 Å². The second-order valence-electron chi connectivity index (χ2n) is 3.89. The third-order valence-corrected chi connectivity index (χ3v) is 2.64. The maximum atomic E-state index is 7.60. The second kappa shape index (κ2) is 4.82. The van der Waals surface area contributed by atoms with Crippen molar-refractivity contribution in [2.24, 2.45) is 5.73 Å². The van der Waals surface area contributed by atoms with E-state index < -0.39 is 0 Å². The van der Waals surface area contributed by atoms with E-state index in [1.807, 2.05) is 35.0 Å². The molecule has 2 rings (SSSR count). The van der Waals surface area contributed by atoms with E-state index in [1.54, 1.807) is 6.20 Å². The van der Waals surface area contributed by atoms with Gasteiger partial charge in [0.15, 0.2) is 0 Å². The summed E-state index contributed by atoms with van der Waals surface area (Å²) in [6.07, 6.45) is 5.65. The molecule has 0 atom stereocenters. The first-order valence-electron chi connectivity index (χ1n) is 5.70. The van der Waals surface area contributed by atoms with Gasteiger partial charge < -0.3 is 10.3 Å². The number of amidine groups is 1. The highest BCUT2D eigenvalue weighted by Gasteiger charge is 2.09. The number of benzene rings is 1. The second-order valence-corrected chi connectivity index (χ2v) is 3.89. The number of nitrogens with one attached hydrogen (secondary N) is 1. The molecular weight excluding hydrogens is 212 g/mol. The Morgan fingerprint density at radius 2 is 2.18 bits per heavy atom. The van der Waals surface area contributed by atoms with Crippen LogP contribution in [-0.2, 0) is 6.42 Å². The summed E-state index contributed by atoms with van der Waals surface area (Å²) >= 11 is 0. The van der Waals surface area contributed by atoms with E-state index in [0.29, 0.717) is 0 Å². The quantitative estimate of drug-likeness (QED) is 0.621. The lowest BCUT2D eigenvalue weighted by Gasteiger charge is -2.11. The maximum absolute atomic E-state index is 7.60. The maximum Gasteiger partial charge on any atom is 0.124 e. The lowest BCUT2D eigenvalue weighted by Crippen LogP contribution is -2.15. The lowest BCUT2D eigenvalue weighted by atomic mass is 10.1. The Kier molecular flexibility index (Phi) is 3.23. The summed E-state index contributed by atoms with van der Waals surface area (Å²) in [6.45, 7) is 2.12. The van der Waals surface area contributed by atoms with E-state index in [9.17, 15) is 0 Å². The standard InChI is InChI=1S/C13H16N4/c1-2-5-12-16-8-9-17(12)11-7-4-3-6-10(11)13(14)15/h3-4,6-9H,2,5H2,1H3,(H3,14,15). The molecule has 1 aromatic heterocycles. The number of nitrogen functional groups attached to an aromatic ring is 1. The van der Waals surface area contributed by atoms with Gasteiger partial charge in [0.05, 0.1) is 5.69 Å². The largest absolute Gasteiger partial charge is 0.384 e. The molecule has 4 heteroatoms. The van der Waals surface area contributed by atoms with Gasteiger partial charge in [0, 0.05) is 24.4 Å². The van der Waals surface area contributed by atoms with Gasteiger partial charge in [-0.05, 0) is 18.6 Å². The van der Waals surface area contributed by atoms with Crippen LogP contribution in [0.25, 0.3) is 5.69 Å². The molecule has 17 heavy (non-hydrogen) atoms. The SMILES string of the molecule is CCCc1nccn1-c1ccccc1C(=N)N. The third kappa shape index (κ3) is 2.20. The summed E-state index contributed by atoms with van der Waals surface area (Å²) in [6, 6.07) is 7.64. The molecule has 0 amide bonds. The van der Waals surface area contributed by atoms with Crippen LogP contribution in [0.2, 0.25) is 0 Å². The fourth-order valence-corrected chi connectivity index (χ4v) is 1.87. The van der Waals surface area contributed by atoms with E-state index in [-0.39, 0.29) is 5.84 Å². The topological polar surface area (TPSA) is 67.7 Å². The predicted octanol–water partition coefficient (Wildman–Crippen LogP) is 2.11. The summed E-state index contributed by atoms with van der Waals surface area (Å²) in [5, 5.41) is 7.60. The molecule has 4 nitrogen and oxygen atoms in total. The molecule has 1 heterocycles. The summed E-state index contributed by atoms with van der Waals surface area (Å²) in [5.74, 6) is 1.08. The molecule has 0 unspecified atom stereocenters. The first-order valence-corrected chi connectivity index (χ1v) is 5.70. The van der Waals surface area contributed by atoms with E-state index in [2.05, 4.69) is 11.9 Å². The van der Waals surface area contributed by atoms with Crippen molar-refractivity contribution in [2.75, 3.05) is 0 Å². The normalized spacial score (nSPS) is 10.4. The van der Waals surface area contributed by atoms with Crippen LogP contribution < -0.4 is 5.73 Å². The van der Waals surface area contributed by atoms with Gasteiger partial charge in [-0.15, -0.1) is 0 Å². The Bertz CT molecular complexity index is 528. The van der Waals surface area contributed by atoms with Gasteiger partial charge in [-0.3, -0.25) is 5.41 Å². The summed E-state index contributed by atoms with van der Waals surface area (Å²) in [5.41, 5.74) is 7.25. The smallest absolute Gasteiger partial charge is 0.124 e. The Morgan fingerprint density at radius 1 is 1.41 bits per heavy atom. The molecule has 1 aromatic carbocycles. The van der Waals surface area contributed by atoms with Crippen LogP contribution in [0, 0.1) is 5.41 Å². The first-order chi connectivity index (χ1) is 8.24. The van der Waals surface area contributed by atoms with Crippen molar-refractivity contribution in [1.82, 2.24) is 9.55 Å². The first kappa shape index (κ1) is 11.4. The van der Waals surface area contributed by atoms with Crippen molar-refractivity contribution < 1.29 is 0 Å². The highest BCUT2D eigenvalue weighted by molar-refractivity contribution is 5.98. The summed E-state index contributed by atoms with van der Waals surface area (Å²) in [4.78, 5) is 4.33. The number of hydrogen-bond donors (Lipinski definition) is 2. The average Bonchev–Trinajstić information content (AvgIpc) is 2.77. The number of hydrogen-bond acceptors (Lipinski definition) is 2. The zero-order chi connectivity index (χ0) is 12.3. The van der Waals surface area contributed by atoms with Crippen LogP contribution >= 0.6 is 0 Å². The van der Waals surface area contributed by atoms with Crippen molar-refractivity contribution in [1.29, 1.82) is 5.41 Å². The summed E-state index contributed by atoms with van der Waals surface area (Å²) in [7, 11) is 0. The molecular formula is C13H16N4. The third-order valence-electron chi connectivity index (χ3n) is 2.64. The zero-order valence-electron chi connectivity index (χ0n) is 9.85. The van der Waals surface area contributed by atoms with Crippen molar-refractivity contribution in [3.05, 3.63) is 48.0 Å². The van der Waals surface area contributed by atoms with Crippen molar-refractivity contribution >= 4 is 5.84 Å². The van der Waals surface area contributed by atoms with Gasteiger partial charge in [0.25, 0.3) is 0 Å². The van der Waals surface area contributed by atoms with Gasteiger partial charge in [-0.25, -0.2) is 4.98 Å². The Labute approximate surface area is 101 Å². The number of imidazole rings is 1. The van der Waals surface area contributed by atoms with Crippen LogP contribution in [0.15, 0.2) is 36.7 Å². The average molecular weight is 228 g/mol. The molecule has 0 aliphatic heterocycles. The van der Waals surface area contributed by atoms with Gasteiger partial charge in [0.1, 0.15) is 11.7 Å². The monoisotopic (exact) mass is 228 g/mol. The van der Waals surface area contributed by atoms with Gasteiger partial charge in [-0.1, -0.05) is 19.1 Å². The Morgan fingerprint density at radius 3 is 2.88 bits per heavy atom. The zero-order valence-corrected chi connectivity index (χ0v) is 9.85. The predicted molar refractivity (Wildman–Crippen MR) is 68.6 cm³/mol. The minimum atomic E-state index is 0.0803. The molecule has 0 fully saturated rings. The van der Waals surface area contributed by atoms with Crippen LogP contribution in [0.1, 0.15) is 24.7 Å². The molecule has 0 spiro atoms. The lowest BCUT2D eigenvalue weighted by molar-refractivity contribution is 0.808. The molecule has 88 valence electrons. The van der Waals surface area contributed by atoms with Crippen LogP contribution in [0.4, 0.5) is 0 Å². The fourth-order valence-electron chi connectivity index (χ4n) is 1.87. The number of nitrogens with two attached hydrogens (primary N) is 1. The molecule has 0 saturated carbocycles. The van der Waals surface area contributed by atoms with Crippen molar-refractivity contribution in [3.63, 3.8) is 0 Å². The Hall–Kier alpha value is -2.10. The molecule has 3 N–H and O–H groups in total. The number of aromatic nitrogens is 2. The van der Waals surface area contributed by atoms with E-state index in [4.69, 9.17) is 11.1 Å². The number of nitrogens with zero attached hydrogens (tertiary/aromatic N) is 2. The van der Waals surface area contributed by atoms with Crippen LogP contribution in [0.5, 0.6) is 0 Å². The molecule has 0 radical (unpaired) electrons. The van der Waals surface area contributed by atoms with Gasteiger partial charge in [-0.2, -0.15) is 0 Å². The van der Waals surface area contributed by atoms with Crippen LogP contribution in [-0.4, -0.2) is 15.4 Å². The Balaban J connectivity index is 2.52. The minimum Gasteiger partial charge on any atom is -0.384 e. The highest BCUT2D eigenvalue weighted by atomic mass is 15.1. The molecule has 0 bridgehead atoms.